The molecule has 1 atom stereocenters. The van der Waals surface area contributed by atoms with Gasteiger partial charge < -0.3 is 19.5 Å². The molecule has 2 aliphatic rings. The molecule has 2 saturated heterocycles. The minimum absolute atomic E-state index is 0. The van der Waals surface area contributed by atoms with Crippen LogP contribution in [0.5, 0.6) is 0 Å². The van der Waals surface area contributed by atoms with E-state index < -0.39 is 0 Å². The summed E-state index contributed by atoms with van der Waals surface area (Å²) in [4.78, 5) is 24.1. The number of aliphatic imine (C=N–C) groups is 1. The smallest absolute Gasteiger partial charge is 0.240 e. The first-order chi connectivity index (χ1) is 13.5. The van der Waals surface area contributed by atoms with E-state index in [9.17, 15) is 4.79 Å². The van der Waals surface area contributed by atoms with Crippen LogP contribution in [0.25, 0.3) is 0 Å². The number of nitrogens with zero attached hydrogens (tertiary/aromatic N) is 4. The molecule has 8 heteroatoms. The van der Waals surface area contributed by atoms with Gasteiger partial charge in [-0.1, -0.05) is 13.8 Å². The second kappa shape index (κ2) is 11.8. The third-order valence-corrected chi connectivity index (χ3v) is 5.54. The number of piperazine rings is 1. The number of hydrogen-bond acceptors (Lipinski definition) is 4. The number of guanidine groups is 1. The molecule has 1 unspecified atom stereocenters. The normalized spacial score (nSPS) is 20.8. The fourth-order valence-electron chi connectivity index (χ4n) is 3.86. The predicted octanol–water partition coefficient (Wildman–Crippen LogP) is 2.28. The lowest BCUT2D eigenvalue weighted by Gasteiger charge is -2.38. The van der Waals surface area contributed by atoms with Crippen LogP contribution < -0.4 is 5.32 Å². The fourth-order valence-corrected chi connectivity index (χ4v) is 3.86. The van der Waals surface area contributed by atoms with Crippen molar-refractivity contribution in [3.05, 3.63) is 24.2 Å². The largest absolute Gasteiger partial charge is 0.469 e. The number of hydrogen-bond donors (Lipinski definition) is 1. The standard InChI is InChI=1S/C21H35N5O2.HI/c1-17(2)16-23-21(22-9-8-18-6-5-15-28-18)26-13-11-25(12-14-26)20(27)19-7-4-10-24(19)3;/h5-6,15,17,19H,4,7-14,16H2,1-3H3,(H,22,23);1H. The molecule has 0 aromatic carbocycles. The number of likely N-dealkylation sites (tertiary alicyclic amines) is 1. The van der Waals surface area contributed by atoms with Crippen LogP contribution in [0.4, 0.5) is 0 Å². The Labute approximate surface area is 191 Å². The van der Waals surface area contributed by atoms with Crippen molar-refractivity contribution in [3.8, 4) is 0 Å². The summed E-state index contributed by atoms with van der Waals surface area (Å²) in [5, 5.41) is 3.49. The monoisotopic (exact) mass is 517 g/mol. The zero-order valence-corrected chi connectivity index (χ0v) is 20.3. The summed E-state index contributed by atoms with van der Waals surface area (Å²) in [6.45, 7) is 10.2. The van der Waals surface area contributed by atoms with Crippen molar-refractivity contribution in [3.63, 3.8) is 0 Å². The van der Waals surface area contributed by atoms with Gasteiger partial charge in [0.25, 0.3) is 0 Å². The van der Waals surface area contributed by atoms with E-state index in [0.717, 1.165) is 76.8 Å². The Balaban J connectivity index is 0.00000300. The van der Waals surface area contributed by atoms with Crippen LogP contribution in [0.3, 0.4) is 0 Å². The van der Waals surface area contributed by atoms with Crippen molar-refractivity contribution >= 4 is 35.8 Å². The lowest BCUT2D eigenvalue weighted by molar-refractivity contribution is -0.136. The Morgan fingerprint density at radius 3 is 2.55 bits per heavy atom. The fraction of sp³-hybridized carbons (Fsp3) is 0.714. The Bertz CT molecular complexity index is 642. The molecule has 29 heavy (non-hydrogen) atoms. The van der Waals surface area contributed by atoms with E-state index >= 15 is 0 Å². The predicted molar refractivity (Wildman–Crippen MR) is 127 cm³/mol. The first-order valence-corrected chi connectivity index (χ1v) is 10.6. The lowest BCUT2D eigenvalue weighted by Crippen LogP contribution is -2.56. The molecule has 1 aromatic rings. The number of nitrogens with one attached hydrogen (secondary N) is 1. The second-order valence-electron chi connectivity index (χ2n) is 8.27. The maximum Gasteiger partial charge on any atom is 0.240 e. The minimum atomic E-state index is 0. The van der Waals surface area contributed by atoms with Crippen LogP contribution >= 0.6 is 24.0 Å². The van der Waals surface area contributed by atoms with Gasteiger partial charge in [0.15, 0.2) is 5.96 Å². The Kier molecular flexibility index (Phi) is 9.74. The van der Waals surface area contributed by atoms with Gasteiger partial charge in [0, 0.05) is 45.7 Å². The van der Waals surface area contributed by atoms with Crippen molar-refractivity contribution in [1.29, 1.82) is 0 Å². The molecule has 3 rings (SSSR count). The van der Waals surface area contributed by atoms with E-state index in [1.807, 2.05) is 17.0 Å². The molecule has 0 saturated carbocycles. The molecule has 7 nitrogen and oxygen atoms in total. The zero-order valence-electron chi connectivity index (χ0n) is 18.0. The van der Waals surface area contributed by atoms with Crippen molar-refractivity contribution in [1.82, 2.24) is 20.0 Å². The molecular formula is C21H36IN5O2. The van der Waals surface area contributed by atoms with E-state index in [4.69, 9.17) is 9.41 Å². The summed E-state index contributed by atoms with van der Waals surface area (Å²) in [6.07, 6.45) is 4.66. The maximum absolute atomic E-state index is 12.8. The Hall–Kier alpha value is -1.29. The summed E-state index contributed by atoms with van der Waals surface area (Å²) in [7, 11) is 2.06. The maximum atomic E-state index is 12.8. The van der Waals surface area contributed by atoms with Crippen LogP contribution in [-0.4, -0.2) is 85.5 Å². The van der Waals surface area contributed by atoms with Crippen molar-refractivity contribution in [2.24, 2.45) is 10.9 Å². The van der Waals surface area contributed by atoms with Gasteiger partial charge in [-0.3, -0.25) is 14.7 Å². The van der Waals surface area contributed by atoms with Crippen LogP contribution in [-0.2, 0) is 11.2 Å². The van der Waals surface area contributed by atoms with Gasteiger partial charge in [-0.05, 0) is 44.5 Å². The topological polar surface area (TPSA) is 64.3 Å². The number of likely N-dealkylation sites (N-methyl/N-ethyl adjacent to an activating group) is 1. The number of furan rings is 1. The molecule has 0 bridgehead atoms. The van der Waals surface area contributed by atoms with E-state index in [2.05, 4.69) is 36.0 Å². The van der Waals surface area contributed by atoms with Gasteiger partial charge in [0.1, 0.15) is 5.76 Å². The first kappa shape index (κ1) is 24.0. The molecule has 3 heterocycles. The van der Waals surface area contributed by atoms with E-state index in [-0.39, 0.29) is 30.0 Å². The van der Waals surface area contributed by atoms with Gasteiger partial charge in [-0.15, -0.1) is 24.0 Å². The van der Waals surface area contributed by atoms with E-state index in [0.29, 0.717) is 11.8 Å². The van der Waals surface area contributed by atoms with Crippen LogP contribution in [0.15, 0.2) is 27.8 Å². The molecule has 0 aliphatic carbocycles. The van der Waals surface area contributed by atoms with Gasteiger partial charge in [-0.2, -0.15) is 0 Å². The highest BCUT2D eigenvalue weighted by atomic mass is 127. The molecule has 0 radical (unpaired) electrons. The number of rotatable bonds is 6. The number of carbonyl (C=O) groups is 1. The second-order valence-corrected chi connectivity index (χ2v) is 8.27. The SMILES string of the molecule is CC(C)CN=C(NCCc1ccco1)N1CCN(C(=O)C2CCCN2C)CC1.I. The molecule has 2 aliphatic heterocycles. The molecule has 0 spiro atoms. The molecule has 1 amide bonds. The number of halogens is 1. The molecule has 2 fully saturated rings. The van der Waals surface area contributed by atoms with Crippen molar-refractivity contribution in [2.75, 3.05) is 52.9 Å². The van der Waals surface area contributed by atoms with Crippen molar-refractivity contribution < 1.29 is 9.21 Å². The molecule has 1 N–H and O–H groups in total. The number of amides is 1. The van der Waals surface area contributed by atoms with E-state index in [1.54, 1.807) is 6.26 Å². The minimum Gasteiger partial charge on any atom is -0.469 e. The summed E-state index contributed by atoms with van der Waals surface area (Å²) in [6, 6.07) is 3.99. The number of carbonyl (C=O) groups excluding carboxylic acids is 1. The quantitative estimate of drug-likeness (QED) is 0.357. The summed E-state index contributed by atoms with van der Waals surface area (Å²) in [5.74, 6) is 2.74. The van der Waals surface area contributed by atoms with E-state index in [1.165, 1.54) is 0 Å². The summed E-state index contributed by atoms with van der Waals surface area (Å²) < 4.78 is 5.42. The Morgan fingerprint density at radius 2 is 1.97 bits per heavy atom. The molecule has 164 valence electrons. The van der Waals surface area contributed by atoms with Gasteiger partial charge in [0.2, 0.25) is 5.91 Å². The average molecular weight is 517 g/mol. The lowest BCUT2D eigenvalue weighted by atomic mass is 10.1. The van der Waals surface area contributed by atoms with Crippen LogP contribution in [0.1, 0.15) is 32.4 Å². The zero-order chi connectivity index (χ0) is 19.9. The van der Waals surface area contributed by atoms with Crippen LogP contribution in [0, 0.1) is 5.92 Å². The summed E-state index contributed by atoms with van der Waals surface area (Å²) in [5.41, 5.74) is 0. The average Bonchev–Trinajstić information content (AvgIpc) is 3.35. The third kappa shape index (κ3) is 6.87. The highest BCUT2D eigenvalue weighted by Gasteiger charge is 2.33. The Morgan fingerprint density at radius 1 is 1.24 bits per heavy atom. The van der Waals surface area contributed by atoms with Crippen molar-refractivity contribution in [2.45, 2.75) is 39.2 Å². The summed E-state index contributed by atoms with van der Waals surface area (Å²) >= 11 is 0. The van der Waals surface area contributed by atoms with Crippen LogP contribution in [0.2, 0.25) is 0 Å². The van der Waals surface area contributed by atoms with Gasteiger partial charge in [-0.25, -0.2) is 0 Å². The van der Waals surface area contributed by atoms with Gasteiger partial charge in [0.05, 0.1) is 12.3 Å². The molecule has 1 aromatic heterocycles. The highest BCUT2D eigenvalue weighted by Crippen LogP contribution is 2.18. The molecular weight excluding hydrogens is 481 g/mol. The van der Waals surface area contributed by atoms with Gasteiger partial charge >= 0.3 is 0 Å². The third-order valence-electron chi connectivity index (χ3n) is 5.54. The highest BCUT2D eigenvalue weighted by molar-refractivity contribution is 14.0. The first-order valence-electron chi connectivity index (χ1n) is 10.6.